The molecule has 1 aliphatic heterocycles. The monoisotopic (exact) mass is 633 g/mol. The van der Waals surface area contributed by atoms with E-state index in [9.17, 15) is 25.2 Å². The quantitative estimate of drug-likeness (QED) is 0.267. The number of piperidine rings is 1. The number of hydrogen-bond acceptors (Lipinski definition) is 12. The summed E-state index contributed by atoms with van der Waals surface area (Å²) in [6, 6.07) is 8.01. The Kier molecular flexibility index (Phi) is 7.36. The number of esters is 1. The van der Waals surface area contributed by atoms with E-state index in [1.165, 1.54) is 14.2 Å². The van der Waals surface area contributed by atoms with Crippen molar-refractivity contribution in [2.24, 2.45) is 28.6 Å². The summed E-state index contributed by atoms with van der Waals surface area (Å²) in [5, 5.41) is 50.8. The van der Waals surface area contributed by atoms with Gasteiger partial charge in [0.05, 0.1) is 42.0 Å². The molecule has 45 heavy (non-hydrogen) atoms. The maximum Gasteiger partial charge on any atom is 0.338 e. The summed E-state index contributed by atoms with van der Waals surface area (Å²) in [7, 11) is 7.65. The van der Waals surface area contributed by atoms with Gasteiger partial charge in [0.1, 0.15) is 29.5 Å². The fourth-order valence-electron chi connectivity index (χ4n) is 12.3. The highest BCUT2D eigenvalue weighted by molar-refractivity contribution is 5.89. The summed E-state index contributed by atoms with van der Waals surface area (Å²) in [5.74, 6) is -2.93. The van der Waals surface area contributed by atoms with Crippen molar-refractivity contribution in [3.8, 4) is 0 Å². The van der Waals surface area contributed by atoms with E-state index >= 15 is 0 Å². The first-order valence-corrected chi connectivity index (χ1v) is 15.9. The first-order valence-electron chi connectivity index (χ1n) is 15.9. The lowest BCUT2D eigenvalue weighted by atomic mass is 9.40. The first-order chi connectivity index (χ1) is 21.5. The summed E-state index contributed by atoms with van der Waals surface area (Å²) in [6.07, 6.45) is -6.31. The van der Waals surface area contributed by atoms with Crippen LogP contribution in [0.4, 0.5) is 0 Å². The minimum atomic E-state index is -1.99. The van der Waals surface area contributed by atoms with Gasteiger partial charge in [-0.25, -0.2) is 4.79 Å². The van der Waals surface area contributed by atoms with Gasteiger partial charge in [0, 0.05) is 83.6 Å². The zero-order valence-electron chi connectivity index (χ0n) is 26.8. The van der Waals surface area contributed by atoms with Crippen LogP contribution in [0, 0.1) is 28.6 Å². The third kappa shape index (κ3) is 3.34. The second-order valence-corrected chi connectivity index (χ2v) is 14.2. The molecule has 0 aromatic heterocycles. The largest absolute Gasteiger partial charge is 0.455 e. The molecule has 15 atom stereocenters. The van der Waals surface area contributed by atoms with E-state index in [1.807, 2.05) is 6.92 Å². The smallest absolute Gasteiger partial charge is 0.338 e. The van der Waals surface area contributed by atoms with Gasteiger partial charge in [-0.3, -0.25) is 4.90 Å². The van der Waals surface area contributed by atoms with Crippen molar-refractivity contribution in [2.75, 3.05) is 55.2 Å². The molecule has 250 valence electrons. The van der Waals surface area contributed by atoms with Gasteiger partial charge in [-0.15, -0.1) is 0 Å². The molecule has 5 aliphatic carbocycles. The first kappa shape index (κ1) is 31.9. The molecule has 0 amide bonds. The van der Waals surface area contributed by atoms with E-state index in [4.69, 9.17) is 28.4 Å². The number of aliphatic hydroxyl groups excluding tert-OH is 2. The van der Waals surface area contributed by atoms with Crippen LogP contribution >= 0.6 is 0 Å². The standard InChI is InChI=1S/C33H47NO11/c1-7-34-15-29(16-40-2)18(35)13-19(41-3)32-22(29)21(42-4)20(24(32)34)33(44-6)23-26(45-28(37)17-11-9-8-10-12-17)30(38,14-31(23,32)39)27(43-5)25(33)36/h8-12,18-27,35-36,38-39H,7,13-16H2,1-6H3/t18-,19+,20+,21+,22-,23+,24-,25+,26-,27+,29+,30-,31+,32-,33-/m1/s1. The third-order valence-corrected chi connectivity index (χ3v) is 13.3. The molecule has 12 nitrogen and oxygen atoms in total. The number of fused-ring (bicyclic) bond motifs is 2. The Balaban J connectivity index is 1.54. The number of benzene rings is 1. The van der Waals surface area contributed by atoms with Crippen molar-refractivity contribution in [1.29, 1.82) is 0 Å². The molecule has 12 heteroatoms. The molecular formula is C33H47NO11. The van der Waals surface area contributed by atoms with Crippen LogP contribution in [0.2, 0.25) is 0 Å². The minimum absolute atomic E-state index is 0.188. The molecule has 1 aromatic rings. The summed E-state index contributed by atoms with van der Waals surface area (Å²) in [5.41, 5.74) is -7.21. The van der Waals surface area contributed by atoms with Gasteiger partial charge in [0.25, 0.3) is 0 Å². The molecule has 7 rings (SSSR count). The van der Waals surface area contributed by atoms with E-state index in [0.717, 1.165) is 0 Å². The Bertz CT molecular complexity index is 1320. The van der Waals surface area contributed by atoms with Gasteiger partial charge in [0.2, 0.25) is 0 Å². The zero-order valence-corrected chi connectivity index (χ0v) is 26.8. The highest BCUT2D eigenvalue weighted by atomic mass is 16.6. The van der Waals surface area contributed by atoms with Gasteiger partial charge in [-0.05, 0) is 18.7 Å². The molecular weight excluding hydrogens is 586 g/mol. The molecule has 0 unspecified atom stereocenters. The number of rotatable bonds is 9. The summed E-state index contributed by atoms with van der Waals surface area (Å²) in [4.78, 5) is 15.9. The molecule has 1 aromatic carbocycles. The van der Waals surface area contributed by atoms with Gasteiger partial charge in [-0.2, -0.15) is 0 Å². The molecule has 6 fully saturated rings. The number of carbonyl (C=O) groups excluding carboxylic acids is 1. The van der Waals surface area contributed by atoms with Crippen molar-refractivity contribution in [3.63, 3.8) is 0 Å². The Morgan fingerprint density at radius 1 is 0.978 bits per heavy atom. The Morgan fingerprint density at radius 2 is 1.69 bits per heavy atom. The van der Waals surface area contributed by atoms with Crippen LogP contribution in [-0.2, 0) is 28.4 Å². The van der Waals surface area contributed by atoms with Gasteiger partial charge < -0.3 is 48.8 Å². The van der Waals surface area contributed by atoms with Crippen LogP contribution in [0.5, 0.6) is 0 Å². The van der Waals surface area contributed by atoms with Crippen LogP contribution < -0.4 is 0 Å². The van der Waals surface area contributed by atoms with Crippen LogP contribution in [-0.4, -0.2) is 146 Å². The molecule has 6 aliphatic rings. The lowest BCUT2D eigenvalue weighted by Gasteiger charge is -2.72. The fraction of sp³-hybridized carbons (Fsp3) is 0.788. The number of ether oxygens (including phenoxy) is 6. The van der Waals surface area contributed by atoms with Gasteiger partial charge in [0.15, 0.2) is 0 Å². The zero-order chi connectivity index (χ0) is 32.3. The number of carbonyl (C=O) groups is 1. The fourth-order valence-corrected chi connectivity index (χ4v) is 12.3. The van der Waals surface area contributed by atoms with Crippen molar-refractivity contribution in [3.05, 3.63) is 35.9 Å². The summed E-state index contributed by atoms with van der Waals surface area (Å²) in [6.45, 7) is 3.23. The minimum Gasteiger partial charge on any atom is -0.455 e. The van der Waals surface area contributed by atoms with Crippen LogP contribution in [0.1, 0.15) is 30.1 Å². The Labute approximate surface area is 263 Å². The molecule has 7 bridgehead atoms. The number of methoxy groups -OCH3 is 5. The van der Waals surface area contributed by atoms with Crippen molar-refractivity contribution in [1.82, 2.24) is 4.90 Å². The van der Waals surface area contributed by atoms with Gasteiger partial charge in [-0.1, -0.05) is 25.1 Å². The number of nitrogens with zero attached hydrogens (tertiary/aromatic N) is 1. The molecule has 1 spiro atoms. The van der Waals surface area contributed by atoms with Gasteiger partial charge >= 0.3 is 5.97 Å². The van der Waals surface area contributed by atoms with Crippen molar-refractivity contribution in [2.45, 2.75) is 79.2 Å². The van der Waals surface area contributed by atoms with E-state index < -0.39 is 94.0 Å². The highest BCUT2D eigenvalue weighted by Crippen LogP contribution is 2.81. The van der Waals surface area contributed by atoms with E-state index in [0.29, 0.717) is 13.1 Å². The average Bonchev–Trinajstić information content (AvgIpc) is 3.38. The Hall–Kier alpha value is -1.71. The molecule has 0 radical (unpaired) electrons. The normalized spacial score (nSPS) is 52.6. The summed E-state index contributed by atoms with van der Waals surface area (Å²) >= 11 is 0. The highest BCUT2D eigenvalue weighted by Gasteiger charge is 2.95. The number of likely N-dealkylation sites (tertiary alicyclic amines) is 1. The SMILES string of the molecule is CCN1C[C@]2(COC)[C@H](O)C[C@H](OC)[C@@]34[C@@H]2[C@@H](OC)[C@@H]([C@@H]13)[C@@]1(OC)[C@H]2[C@@H](OC(=O)c3ccccc3)[C@](O)(C[C@]24O)[C@@H](OC)[C@@H]1O. The average molecular weight is 634 g/mol. The van der Waals surface area contributed by atoms with Crippen LogP contribution in [0.15, 0.2) is 30.3 Å². The van der Waals surface area contributed by atoms with E-state index in [1.54, 1.807) is 51.7 Å². The third-order valence-electron chi connectivity index (χ3n) is 13.3. The second-order valence-electron chi connectivity index (χ2n) is 14.2. The predicted octanol–water partition coefficient (Wildman–Crippen LogP) is -0.154. The molecule has 5 saturated carbocycles. The lowest BCUT2D eigenvalue weighted by molar-refractivity contribution is -0.358. The second kappa shape index (κ2) is 10.4. The molecule has 1 saturated heterocycles. The number of hydrogen-bond donors (Lipinski definition) is 4. The molecule has 4 N–H and O–H groups in total. The molecule has 1 heterocycles. The lowest BCUT2D eigenvalue weighted by Crippen LogP contribution is -2.85. The topological polar surface area (TPSA) is 157 Å². The van der Waals surface area contributed by atoms with Crippen molar-refractivity contribution < 1.29 is 53.6 Å². The summed E-state index contributed by atoms with van der Waals surface area (Å²) < 4.78 is 37.2. The van der Waals surface area contributed by atoms with Crippen LogP contribution in [0.3, 0.4) is 0 Å². The predicted molar refractivity (Wildman–Crippen MR) is 157 cm³/mol. The van der Waals surface area contributed by atoms with E-state index in [2.05, 4.69) is 4.90 Å². The maximum atomic E-state index is 13.7. The van der Waals surface area contributed by atoms with E-state index in [-0.39, 0.29) is 25.0 Å². The van der Waals surface area contributed by atoms with Crippen molar-refractivity contribution >= 4 is 5.97 Å². The number of aliphatic hydroxyl groups is 4. The van der Waals surface area contributed by atoms with Crippen LogP contribution in [0.25, 0.3) is 0 Å². The maximum absolute atomic E-state index is 13.7. The Morgan fingerprint density at radius 3 is 2.27 bits per heavy atom.